The van der Waals surface area contributed by atoms with Gasteiger partial charge in [-0.1, -0.05) is 12.2 Å². The van der Waals surface area contributed by atoms with E-state index in [1.165, 1.54) is 6.08 Å². The molecular weight excluding hydrogens is 302 g/mol. The zero-order valence-electron chi connectivity index (χ0n) is 12.1. The quantitative estimate of drug-likeness (QED) is 0.462. The van der Waals surface area contributed by atoms with Crippen molar-refractivity contribution in [3.63, 3.8) is 0 Å². The van der Waals surface area contributed by atoms with Crippen LogP contribution in [0.25, 0.3) is 0 Å². The first-order valence-corrected chi connectivity index (χ1v) is 7.10. The minimum Gasteiger partial charge on any atom is -0.294 e. The summed E-state index contributed by atoms with van der Waals surface area (Å²) in [5.41, 5.74) is -1.60. The van der Waals surface area contributed by atoms with E-state index in [4.69, 9.17) is 0 Å². The van der Waals surface area contributed by atoms with Gasteiger partial charge in [0, 0.05) is 6.42 Å². The lowest BCUT2D eigenvalue weighted by Crippen LogP contribution is -2.63. The Morgan fingerprint density at radius 1 is 1.22 bits per heavy atom. The Hall–Kier alpha value is -2.90. The third-order valence-electron chi connectivity index (χ3n) is 4.36. The van der Waals surface area contributed by atoms with E-state index in [0.717, 1.165) is 4.90 Å². The molecule has 4 amide bonds. The van der Waals surface area contributed by atoms with Crippen molar-refractivity contribution in [3.8, 4) is 0 Å². The largest absolute Gasteiger partial charge is 0.294 e. The first-order chi connectivity index (χ1) is 11.0. The molecule has 0 bridgehead atoms. The van der Waals surface area contributed by atoms with E-state index >= 15 is 0 Å². The molecule has 2 fully saturated rings. The van der Waals surface area contributed by atoms with Gasteiger partial charge >= 0.3 is 0 Å². The molecular formula is C15H13N3O5. The van der Waals surface area contributed by atoms with Crippen molar-refractivity contribution in [1.82, 2.24) is 10.2 Å². The van der Waals surface area contributed by atoms with Crippen molar-refractivity contribution in [2.45, 2.75) is 31.2 Å². The number of allylic oxidation sites excluding steroid dienone is 2. The van der Waals surface area contributed by atoms with E-state index in [1.54, 1.807) is 6.08 Å². The van der Waals surface area contributed by atoms with Crippen LogP contribution in [0.15, 0.2) is 40.8 Å². The molecule has 2 saturated heterocycles. The SMILES string of the molecule is C=C[C@@]1(N2C(=O)C3=CCCC(N=O)=C3C2=O)CCC(=O)NC1=O. The second-order valence-electron chi connectivity index (χ2n) is 5.52. The van der Waals surface area contributed by atoms with Crippen LogP contribution in [0.4, 0.5) is 0 Å². The summed E-state index contributed by atoms with van der Waals surface area (Å²) in [5.74, 6) is -2.67. The minimum atomic E-state index is -1.64. The Labute approximate surface area is 130 Å². The lowest BCUT2D eigenvalue weighted by atomic mass is 9.87. The fraction of sp³-hybridized carbons (Fsp3) is 0.333. The number of hydrogen-bond donors (Lipinski definition) is 1. The normalized spacial score (nSPS) is 27.7. The zero-order valence-corrected chi connectivity index (χ0v) is 12.1. The number of amides is 4. The second kappa shape index (κ2) is 5.08. The molecule has 0 aromatic carbocycles. The van der Waals surface area contributed by atoms with Crippen molar-refractivity contribution >= 4 is 23.6 Å². The van der Waals surface area contributed by atoms with Crippen LogP contribution in [-0.2, 0) is 19.2 Å². The summed E-state index contributed by atoms with van der Waals surface area (Å²) in [4.78, 5) is 60.8. The third kappa shape index (κ3) is 1.91. The predicted octanol–water partition coefficient (Wildman–Crippen LogP) is 0.457. The molecule has 3 aliphatic rings. The van der Waals surface area contributed by atoms with Crippen LogP contribution in [0.2, 0.25) is 0 Å². The summed E-state index contributed by atoms with van der Waals surface area (Å²) in [6.45, 7) is 3.56. The van der Waals surface area contributed by atoms with Gasteiger partial charge in [0.1, 0.15) is 5.54 Å². The maximum absolute atomic E-state index is 12.7. The molecule has 0 radical (unpaired) electrons. The number of piperidine rings is 1. The standard InChI is InChI=1S/C15H13N3O5/c1-2-15(7-6-10(19)16-14(15)22)18-12(20)8-4-3-5-9(17-23)11(8)13(18)21/h2,4H,1,3,5-7H2,(H,16,19,22)/t15-/m1/s1. The van der Waals surface area contributed by atoms with Gasteiger partial charge < -0.3 is 0 Å². The summed E-state index contributed by atoms with van der Waals surface area (Å²) < 4.78 is 0. The zero-order chi connectivity index (χ0) is 16.8. The highest BCUT2D eigenvalue weighted by atomic mass is 16.3. The fourth-order valence-electron chi connectivity index (χ4n) is 3.16. The Morgan fingerprint density at radius 3 is 2.57 bits per heavy atom. The summed E-state index contributed by atoms with van der Waals surface area (Å²) in [6, 6.07) is 0. The number of hydrogen-bond acceptors (Lipinski definition) is 6. The van der Waals surface area contributed by atoms with Gasteiger partial charge in [0.15, 0.2) is 0 Å². The maximum atomic E-state index is 12.7. The monoisotopic (exact) mass is 315 g/mol. The average Bonchev–Trinajstić information content (AvgIpc) is 2.81. The van der Waals surface area contributed by atoms with Crippen LogP contribution in [-0.4, -0.2) is 34.1 Å². The predicted molar refractivity (Wildman–Crippen MR) is 77.3 cm³/mol. The molecule has 8 heteroatoms. The molecule has 1 atom stereocenters. The molecule has 0 aromatic rings. The van der Waals surface area contributed by atoms with Gasteiger partial charge in [-0.2, -0.15) is 0 Å². The Balaban J connectivity index is 2.13. The number of nitrogens with zero attached hydrogens (tertiary/aromatic N) is 2. The van der Waals surface area contributed by atoms with E-state index in [0.29, 0.717) is 6.42 Å². The molecule has 23 heavy (non-hydrogen) atoms. The molecule has 0 aromatic heterocycles. The van der Waals surface area contributed by atoms with Crippen LogP contribution in [0.5, 0.6) is 0 Å². The summed E-state index contributed by atoms with van der Waals surface area (Å²) in [6.07, 6.45) is 3.37. The molecule has 0 spiro atoms. The van der Waals surface area contributed by atoms with Crippen LogP contribution in [0.3, 0.4) is 0 Å². The minimum absolute atomic E-state index is 0.00913. The molecule has 2 heterocycles. The smallest absolute Gasteiger partial charge is 0.264 e. The second-order valence-corrected chi connectivity index (χ2v) is 5.52. The number of nitrogens with one attached hydrogen (secondary N) is 1. The molecule has 1 N–H and O–H groups in total. The number of carbonyl (C=O) groups excluding carboxylic acids is 4. The van der Waals surface area contributed by atoms with Crippen molar-refractivity contribution in [3.05, 3.63) is 40.5 Å². The number of nitroso groups, excluding NO2 is 1. The molecule has 0 saturated carbocycles. The highest BCUT2D eigenvalue weighted by Gasteiger charge is 2.56. The van der Waals surface area contributed by atoms with Gasteiger partial charge in [-0.15, -0.1) is 11.5 Å². The number of fused-ring (bicyclic) bond motifs is 1. The number of likely N-dealkylation sites (tertiary alicyclic amines) is 1. The van der Waals surface area contributed by atoms with Crippen molar-refractivity contribution in [2.24, 2.45) is 5.18 Å². The Morgan fingerprint density at radius 2 is 1.96 bits per heavy atom. The van der Waals surface area contributed by atoms with E-state index in [2.05, 4.69) is 17.1 Å². The highest BCUT2D eigenvalue weighted by Crippen LogP contribution is 2.40. The van der Waals surface area contributed by atoms with Gasteiger partial charge in [-0.05, 0) is 24.4 Å². The van der Waals surface area contributed by atoms with Crippen LogP contribution >= 0.6 is 0 Å². The van der Waals surface area contributed by atoms with E-state index in [1.807, 2.05) is 0 Å². The highest BCUT2D eigenvalue weighted by molar-refractivity contribution is 6.27. The first kappa shape index (κ1) is 15.0. The first-order valence-electron chi connectivity index (χ1n) is 7.10. The lowest BCUT2D eigenvalue weighted by molar-refractivity contribution is -0.154. The Kier molecular flexibility index (Phi) is 3.32. The van der Waals surface area contributed by atoms with E-state index in [9.17, 15) is 24.1 Å². The van der Waals surface area contributed by atoms with Crippen LogP contribution < -0.4 is 5.32 Å². The summed E-state index contributed by atoms with van der Waals surface area (Å²) in [5, 5.41) is 4.97. The Bertz CT molecular complexity index is 748. The van der Waals surface area contributed by atoms with Gasteiger partial charge in [-0.25, -0.2) is 0 Å². The van der Waals surface area contributed by atoms with Gasteiger partial charge in [0.05, 0.1) is 16.8 Å². The van der Waals surface area contributed by atoms with E-state index < -0.39 is 29.2 Å². The topological polar surface area (TPSA) is 113 Å². The average molecular weight is 315 g/mol. The maximum Gasteiger partial charge on any atom is 0.264 e. The van der Waals surface area contributed by atoms with Gasteiger partial charge in [0.25, 0.3) is 17.7 Å². The van der Waals surface area contributed by atoms with Crippen molar-refractivity contribution in [2.75, 3.05) is 0 Å². The molecule has 1 aliphatic carbocycles. The molecule has 118 valence electrons. The van der Waals surface area contributed by atoms with Gasteiger partial charge in [-0.3, -0.25) is 29.4 Å². The number of rotatable bonds is 3. The third-order valence-corrected chi connectivity index (χ3v) is 4.36. The molecule has 2 aliphatic heterocycles. The van der Waals surface area contributed by atoms with E-state index in [-0.39, 0.29) is 36.1 Å². The summed E-state index contributed by atoms with van der Waals surface area (Å²) >= 11 is 0. The number of imide groups is 2. The molecule has 3 rings (SSSR count). The fourth-order valence-corrected chi connectivity index (χ4v) is 3.16. The molecule has 8 nitrogen and oxygen atoms in total. The van der Waals surface area contributed by atoms with Crippen molar-refractivity contribution < 1.29 is 19.2 Å². The van der Waals surface area contributed by atoms with Gasteiger partial charge in [0.2, 0.25) is 5.91 Å². The summed E-state index contributed by atoms with van der Waals surface area (Å²) in [7, 11) is 0. The lowest BCUT2D eigenvalue weighted by Gasteiger charge is -2.38. The van der Waals surface area contributed by atoms with Crippen LogP contribution in [0.1, 0.15) is 25.7 Å². The number of carbonyl (C=O) groups is 4. The van der Waals surface area contributed by atoms with Crippen molar-refractivity contribution in [1.29, 1.82) is 0 Å². The molecule has 0 unspecified atom stereocenters. The van der Waals surface area contributed by atoms with Crippen LogP contribution in [0, 0.1) is 4.91 Å².